The maximum Gasteiger partial charge on any atom is 0.265 e. The first-order valence-electron chi connectivity index (χ1n) is 7.10. The molecule has 1 amide bonds. The molecule has 22 heavy (non-hydrogen) atoms. The van der Waals surface area contributed by atoms with Crippen molar-refractivity contribution in [3.63, 3.8) is 0 Å². The Morgan fingerprint density at radius 3 is 2.64 bits per heavy atom. The summed E-state index contributed by atoms with van der Waals surface area (Å²) in [4.78, 5) is 11.4. The topological polar surface area (TPSA) is 97.4 Å². The molecule has 3 heterocycles. The van der Waals surface area contributed by atoms with Gasteiger partial charge in [0.1, 0.15) is 10.6 Å². The molecule has 0 radical (unpaired) electrons. The minimum absolute atomic E-state index is 0. The van der Waals surface area contributed by atoms with Gasteiger partial charge in [0.05, 0.1) is 0 Å². The molecule has 2 unspecified atom stereocenters. The summed E-state index contributed by atoms with van der Waals surface area (Å²) in [7, 11) is -1.96. The predicted molar refractivity (Wildman–Crippen MR) is 84.5 cm³/mol. The summed E-state index contributed by atoms with van der Waals surface area (Å²) in [5, 5.41) is 3.46. The predicted octanol–water partition coefficient (Wildman–Crippen LogP) is 0.0608. The summed E-state index contributed by atoms with van der Waals surface area (Å²) in [5.74, 6) is -0.629. The molecule has 0 saturated carbocycles. The van der Waals surface area contributed by atoms with Gasteiger partial charge in [-0.1, -0.05) is 0 Å². The van der Waals surface area contributed by atoms with E-state index < -0.39 is 15.9 Å². The summed E-state index contributed by atoms with van der Waals surface area (Å²) >= 11 is 0. The van der Waals surface area contributed by atoms with Crippen LogP contribution in [-0.4, -0.2) is 48.4 Å². The highest BCUT2D eigenvalue weighted by Gasteiger charge is 2.35. The average molecular weight is 349 g/mol. The van der Waals surface area contributed by atoms with Crippen molar-refractivity contribution >= 4 is 28.3 Å². The molecule has 1 aromatic heterocycles. The second-order valence-electron chi connectivity index (χ2n) is 5.83. The van der Waals surface area contributed by atoms with Crippen LogP contribution in [0.25, 0.3) is 0 Å². The van der Waals surface area contributed by atoms with Crippen molar-refractivity contribution in [1.29, 1.82) is 0 Å². The smallest absolute Gasteiger partial charge is 0.265 e. The second-order valence-corrected chi connectivity index (χ2v) is 7.76. The number of hydrogen-bond acceptors (Lipinski definition) is 4. The highest BCUT2D eigenvalue weighted by Crippen LogP contribution is 2.25. The molecule has 0 aromatic carbocycles. The van der Waals surface area contributed by atoms with Gasteiger partial charge in [0, 0.05) is 38.4 Å². The number of carbonyl (C=O) groups excluding carboxylic acids is 1. The molecular weight excluding hydrogens is 328 g/mol. The molecule has 2 fully saturated rings. The van der Waals surface area contributed by atoms with Crippen LogP contribution in [0.2, 0.25) is 0 Å². The van der Waals surface area contributed by atoms with Gasteiger partial charge in [-0.2, -0.15) is 4.31 Å². The summed E-state index contributed by atoms with van der Waals surface area (Å²) < 4.78 is 28.4. The fourth-order valence-corrected chi connectivity index (χ4v) is 4.77. The minimum atomic E-state index is -3.58. The lowest BCUT2D eigenvalue weighted by Crippen LogP contribution is -2.38. The van der Waals surface area contributed by atoms with E-state index in [1.807, 2.05) is 0 Å². The fourth-order valence-electron chi connectivity index (χ4n) is 3.20. The highest BCUT2D eigenvalue weighted by atomic mass is 35.5. The average Bonchev–Trinajstić information content (AvgIpc) is 2.92. The lowest BCUT2D eigenvalue weighted by molar-refractivity contribution is 0.0992. The number of sulfonamides is 1. The van der Waals surface area contributed by atoms with Crippen LogP contribution in [0, 0.1) is 0 Å². The molecule has 3 N–H and O–H groups in total. The summed E-state index contributed by atoms with van der Waals surface area (Å²) in [6.07, 6.45) is 4.41. The zero-order chi connectivity index (χ0) is 15.2. The van der Waals surface area contributed by atoms with E-state index in [1.54, 1.807) is 7.05 Å². The normalized spacial score (nSPS) is 25.5. The van der Waals surface area contributed by atoms with Crippen molar-refractivity contribution in [2.45, 2.75) is 36.2 Å². The first-order valence-corrected chi connectivity index (χ1v) is 8.54. The molecule has 3 rings (SSSR count). The molecule has 2 saturated heterocycles. The number of primary amides is 1. The van der Waals surface area contributed by atoms with E-state index in [2.05, 4.69) is 5.32 Å². The van der Waals surface area contributed by atoms with Crippen LogP contribution in [0.3, 0.4) is 0 Å². The van der Waals surface area contributed by atoms with Crippen LogP contribution in [0.4, 0.5) is 0 Å². The maximum absolute atomic E-state index is 12.7. The zero-order valence-corrected chi connectivity index (χ0v) is 14.0. The van der Waals surface area contributed by atoms with Gasteiger partial charge < -0.3 is 15.6 Å². The molecule has 0 spiro atoms. The Bertz CT molecular complexity index is 673. The van der Waals surface area contributed by atoms with E-state index in [0.717, 1.165) is 19.3 Å². The standard InChI is InChI=1S/C13H20N4O3S.ClH/c1-16-8-11(6-12(16)13(14)18)21(19,20)17-5-4-9-2-3-10(7-17)15-9;/h6,8-10,15H,2-5,7H2,1H3,(H2,14,18);1H. The number of fused-ring (bicyclic) bond motifs is 2. The summed E-state index contributed by atoms with van der Waals surface area (Å²) in [6, 6.07) is 2.01. The van der Waals surface area contributed by atoms with Gasteiger partial charge in [-0.25, -0.2) is 8.42 Å². The summed E-state index contributed by atoms with van der Waals surface area (Å²) in [6.45, 7) is 0.997. The van der Waals surface area contributed by atoms with Gasteiger partial charge in [-0.3, -0.25) is 4.79 Å². The number of aryl methyl sites for hydroxylation is 1. The SMILES string of the molecule is Cl.Cn1cc(S(=O)(=O)N2CCC3CCC(C2)N3)cc1C(N)=O. The van der Waals surface area contributed by atoms with Gasteiger partial charge in [-0.15, -0.1) is 12.4 Å². The molecule has 0 aliphatic carbocycles. The molecule has 2 aliphatic rings. The van der Waals surface area contributed by atoms with Crippen LogP contribution in [0.15, 0.2) is 17.2 Å². The Morgan fingerprint density at radius 2 is 2.00 bits per heavy atom. The van der Waals surface area contributed by atoms with E-state index in [4.69, 9.17) is 5.73 Å². The molecule has 2 atom stereocenters. The largest absolute Gasteiger partial charge is 0.364 e. The Balaban J connectivity index is 0.00000176. The van der Waals surface area contributed by atoms with Gasteiger partial charge in [-0.05, 0) is 25.3 Å². The lowest BCUT2D eigenvalue weighted by atomic mass is 10.1. The lowest BCUT2D eigenvalue weighted by Gasteiger charge is -2.23. The van der Waals surface area contributed by atoms with Gasteiger partial charge in [0.25, 0.3) is 5.91 Å². The Morgan fingerprint density at radius 1 is 1.32 bits per heavy atom. The van der Waals surface area contributed by atoms with Crippen LogP contribution in [0.5, 0.6) is 0 Å². The van der Waals surface area contributed by atoms with E-state index in [9.17, 15) is 13.2 Å². The number of aromatic nitrogens is 1. The van der Waals surface area contributed by atoms with Gasteiger partial charge in [0.15, 0.2) is 0 Å². The summed E-state index contributed by atoms with van der Waals surface area (Å²) in [5.41, 5.74) is 5.44. The second kappa shape index (κ2) is 6.19. The number of rotatable bonds is 3. The number of carbonyl (C=O) groups is 1. The van der Waals surface area contributed by atoms with Crippen molar-refractivity contribution in [2.75, 3.05) is 13.1 Å². The van der Waals surface area contributed by atoms with Crippen LogP contribution < -0.4 is 11.1 Å². The maximum atomic E-state index is 12.7. The molecule has 7 nitrogen and oxygen atoms in total. The zero-order valence-electron chi connectivity index (χ0n) is 12.4. The molecule has 9 heteroatoms. The minimum Gasteiger partial charge on any atom is -0.364 e. The van der Waals surface area contributed by atoms with E-state index in [1.165, 1.54) is 21.1 Å². The molecule has 124 valence electrons. The number of nitrogens with one attached hydrogen (secondary N) is 1. The fraction of sp³-hybridized carbons (Fsp3) is 0.615. The Labute approximate surface area is 136 Å². The number of nitrogens with two attached hydrogens (primary N) is 1. The van der Waals surface area contributed by atoms with Crippen molar-refractivity contribution in [3.8, 4) is 0 Å². The number of amides is 1. The van der Waals surface area contributed by atoms with Crippen molar-refractivity contribution < 1.29 is 13.2 Å². The van der Waals surface area contributed by atoms with Crippen LogP contribution in [-0.2, 0) is 17.1 Å². The first-order chi connectivity index (χ1) is 9.88. The molecular formula is C13H21ClN4O3S. The number of nitrogens with zero attached hydrogens (tertiary/aromatic N) is 2. The third kappa shape index (κ3) is 3.01. The van der Waals surface area contributed by atoms with E-state index in [-0.39, 0.29) is 29.0 Å². The van der Waals surface area contributed by atoms with Gasteiger partial charge in [0.2, 0.25) is 10.0 Å². The number of halogens is 1. The Hall–Kier alpha value is -1.09. The van der Waals surface area contributed by atoms with E-state index >= 15 is 0 Å². The third-order valence-corrected chi connectivity index (χ3v) is 6.19. The number of hydrogen-bond donors (Lipinski definition) is 2. The van der Waals surface area contributed by atoms with Crippen molar-refractivity contribution in [1.82, 2.24) is 14.2 Å². The molecule has 1 aromatic rings. The molecule has 2 aliphatic heterocycles. The van der Waals surface area contributed by atoms with Crippen molar-refractivity contribution in [2.24, 2.45) is 12.8 Å². The monoisotopic (exact) mass is 348 g/mol. The van der Waals surface area contributed by atoms with Gasteiger partial charge >= 0.3 is 0 Å². The van der Waals surface area contributed by atoms with E-state index in [0.29, 0.717) is 19.1 Å². The third-order valence-electron chi connectivity index (χ3n) is 4.36. The molecule has 2 bridgehead atoms. The van der Waals surface area contributed by atoms with Crippen LogP contribution in [0.1, 0.15) is 29.8 Å². The van der Waals surface area contributed by atoms with Crippen molar-refractivity contribution in [3.05, 3.63) is 18.0 Å². The van der Waals surface area contributed by atoms with Crippen LogP contribution >= 0.6 is 12.4 Å². The Kier molecular flexibility index (Phi) is 4.86. The highest BCUT2D eigenvalue weighted by molar-refractivity contribution is 7.89. The quantitative estimate of drug-likeness (QED) is 0.807. The first kappa shape index (κ1) is 17.3.